The van der Waals surface area contributed by atoms with Gasteiger partial charge in [-0.05, 0) is 35.0 Å². The number of aromatic nitrogens is 4. The van der Waals surface area contributed by atoms with E-state index in [1.165, 1.54) is 16.2 Å². The predicted octanol–water partition coefficient (Wildman–Crippen LogP) is 9.39. The zero-order valence-electron chi connectivity index (χ0n) is 22.6. The lowest BCUT2D eigenvalue weighted by Crippen LogP contribution is -1.97. The summed E-state index contributed by atoms with van der Waals surface area (Å²) in [5.41, 5.74) is 7.27. The Morgan fingerprint density at radius 2 is 1.10 bits per heavy atom. The van der Waals surface area contributed by atoms with Gasteiger partial charge in [-0.1, -0.05) is 115 Å². The Kier molecular flexibility index (Phi) is 5.75. The number of fused-ring (bicyclic) bond motifs is 5. The Balaban J connectivity index is 1.28. The molecule has 0 aliphatic rings. The largest absolute Gasteiger partial charge is 0.254 e. The highest BCUT2D eigenvalue weighted by Crippen LogP contribution is 2.37. The van der Waals surface area contributed by atoms with E-state index < -0.39 is 0 Å². The summed E-state index contributed by atoms with van der Waals surface area (Å²) >= 11 is 0. The molecule has 0 fully saturated rings. The maximum Gasteiger partial charge on any atom is 0.160 e. The molecule has 8 rings (SSSR count). The first-order chi connectivity index (χ1) is 20.8. The summed E-state index contributed by atoms with van der Waals surface area (Å²) in [6.07, 6.45) is 1.91. The smallest absolute Gasteiger partial charge is 0.160 e. The van der Waals surface area contributed by atoms with Crippen molar-refractivity contribution in [2.24, 2.45) is 0 Å². The zero-order chi connectivity index (χ0) is 27.9. The van der Waals surface area contributed by atoms with Gasteiger partial charge in [0.05, 0.1) is 28.3 Å². The quantitative estimate of drug-likeness (QED) is 0.210. The molecule has 0 spiro atoms. The van der Waals surface area contributed by atoms with E-state index in [0.717, 1.165) is 55.8 Å². The van der Waals surface area contributed by atoms with Crippen LogP contribution in [0.1, 0.15) is 0 Å². The molecule has 0 amide bonds. The summed E-state index contributed by atoms with van der Waals surface area (Å²) in [7, 11) is 0. The normalized spacial score (nSPS) is 11.3. The van der Waals surface area contributed by atoms with Crippen LogP contribution < -0.4 is 0 Å². The van der Waals surface area contributed by atoms with Crippen LogP contribution in [-0.2, 0) is 0 Å². The maximum absolute atomic E-state index is 5.12. The van der Waals surface area contributed by atoms with Crippen molar-refractivity contribution in [1.82, 2.24) is 19.9 Å². The highest BCUT2D eigenvalue weighted by molar-refractivity contribution is 6.22. The highest BCUT2D eigenvalue weighted by atomic mass is 14.9. The minimum atomic E-state index is 0.673. The number of pyridine rings is 2. The summed E-state index contributed by atoms with van der Waals surface area (Å²) in [5, 5.41) is 5.92. The van der Waals surface area contributed by atoms with Crippen LogP contribution in [-0.4, -0.2) is 19.9 Å². The van der Waals surface area contributed by atoms with Gasteiger partial charge in [0, 0.05) is 39.0 Å². The molecule has 0 aliphatic heterocycles. The molecule has 0 N–H and O–H groups in total. The minimum Gasteiger partial charge on any atom is -0.254 e. The molecule has 0 atom stereocenters. The number of benzene rings is 5. The summed E-state index contributed by atoms with van der Waals surface area (Å²) in [6.45, 7) is 0. The van der Waals surface area contributed by atoms with Crippen LogP contribution in [0, 0.1) is 0 Å². The van der Waals surface area contributed by atoms with E-state index in [4.69, 9.17) is 19.9 Å². The molecule has 3 heterocycles. The number of hydrogen-bond acceptors (Lipinski definition) is 4. The molecule has 42 heavy (non-hydrogen) atoms. The van der Waals surface area contributed by atoms with Gasteiger partial charge in [0.15, 0.2) is 5.82 Å². The Morgan fingerprint density at radius 3 is 1.88 bits per heavy atom. The molecule has 3 aromatic heterocycles. The molecule has 4 nitrogen and oxygen atoms in total. The molecule has 0 bridgehead atoms. The number of hydrogen-bond donors (Lipinski definition) is 0. The maximum atomic E-state index is 5.12. The van der Waals surface area contributed by atoms with Gasteiger partial charge in [-0.2, -0.15) is 0 Å². The zero-order valence-corrected chi connectivity index (χ0v) is 22.6. The van der Waals surface area contributed by atoms with E-state index in [1.807, 2.05) is 72.9 Å². The fourth-order valence-electron chi connectivity index (χ4n) is 5.68. The lowest BCUT2D eigenvalue weighted by atomic mass is 9.95. The second kappa shape index (κ2) is 10.0. The average Bonchev–Trinajstić information content (AvgIpc) is 3.08. The summed E-state index contributed by atoms with van der Waals surface area (Å²) in [6, 6.07) is 47.7. The van der Waals surface area contributed by atoms with Gasteiger partial charge in [-0.15, -0.1) is 0 Å². The van der Waals surface area contributed by atoms with Crippen LogP contribution in [0.4, 0.5) is 0 Å². The van der Waals surface area contributed by atoms with Crippen molar-refractivity contribution < 1.29 is 0 Å². The molecule has 4 heteroatoms. The molecular weight excluding hydrogens is 512 g/mol. The van der Waals surface area contributed by atoms with Crippen molar-refractivity contribution in [3.05, 3.63) is 146 Å². The molecule has 0 saturated heterocycles. The summed E-state index contributed by atoms with van der Waals surface area (Å²) in [5.74, 6) is 0.673. The van der Waals surface area contributed by atoms with Crippen molar-refractivity contribution in [3.8, 4) is 45.3 Å². The molecule has 196 valence electrons. The van der Waals surface area contributed by atoms with Gasteiger partial charge in [-0.3, -0.25) is 4.98 Å². The first kappa shape index (κ1) is 24.1. The number of para-hydroxylation sites is 1. The number of nitrogens with zero attached hydrogens (tertiary/aromatic N) is 4. The lowest BCUT2D eigenvalue weighted by molar-refractivity contribution is 1.16. The fraction of sp³-hybridized carbons (Fsp3) is 0. The second-order valence-electron chi connectivity index (χ2n) is 10.3. The van der Waals surface area contributed by atoms with Gasteiger partial charge >= 0.3 is 0 Å². The molecule has 0 unspecified atom stereocenters. The molecule has 8 aromatic rings. The molecule has 0 aliphatic carbocycles. The van der Waals surface area contributed by atoms with Crippen LogP contribution in [0.3, 0.4) is 0 Å². The first-order valence-corrected chi connectivity index (χ1v) is 14.0. The monoisotopic (exact) mass is 536 g/mol. The van der Waals surface area contributed by atoms with E-state index in [0.29, 0.717) is 5.82 Å². The van der Waals surface area contributed by atoms with Gasteiger partial charge in [0.1, 0.15) is 0 Å². The summed E-state index contributed by atoms with van der Waals surface area (Å²) < 4.78 is 0. The molecule has 0 saturated carbocycles. The molecule has 5 aromatic carbocycles. The van der Waals surface area contributed by atoms with Crippen LogP contribution in [0.2, 0.25) is 0 Å². The Labute approximate surface area is 243 Å². The average molecular weight is 537 g/mol. The fourth-order valence-corrected chi connectivity index (χ4v) is 5.68. The Morgan fingerprint density at radius 1 is 0.405 bits per heavy atom. The van der Waals surface area contributed by atoms with E-state index in [9.17, 15) is 0 Å². The van der Waals surface area contributed by atoms with Gasteiger partial charge in [0.2, 0.25) is 0 Å². The van der Waals surface area contributed by atoms with E-state index in [2.05, 4.69) is 72.8 Å². The second-order valence-corrected chi connectivity index (χ2v) is 10.3. The lowest BCUT2D eigenvalue weighted by Gasteiger charge is -2.13. The minimum absolute atomic E-state index is 0.673. The topological polar surface area (TPSA) is 51.6 Å². The first-order valence-electron chi connectivity index (χ1n) is 14.0. The van der Waals surface area contributed by atoms with Crippen molar-refractivity contribution in [1.29, 1.82) is 0 Å². The van der Waals surface area contributed by atoms with Crippen molar-refractivity contribution in [2.45, 2.75) is 0 Å². The van der Waals surface area contributed by atoms with E-state index in [1.54, 1.807) is 0 Å². The van der Waals surface area contributed by atoms with Gasteiger partial charge in [-0.25, -0.2) is 15.0 Å². The van der Waals surface area contributed by atoms with Crippen LogP contribution in [0.5, 0.6) is 0 Å². The Bertz CT molecular complexity index is 2150. The van der Waals surface area contributed by atoms with E-state index in [-0.39, 0.29) is 0 Å². The SMILES string of the molecule is c1ccc(-c2cc(-c3ccc(-c4nc5ccccc5c5c4ccc4ccccc45)cn3)nc(-c3ccccc3)n2)cc1. The third-order valence-corrected chi connectivity index (χ3v) is 7.72. The standard InChI is InChI=1S/C38H24N4/c1-3-12-26(13-4-1)34-23-35(42-38(41-34)27-14-5-2-6-15-27)33-22-20-28(24-39-33)37-31-21-19-25-11-7-8-16-29(25)36(31)30-17-9-10-18-32(30)40-37/h1-24H. The van der Waals surface area contributed by atoms with Crippen molar-refractivity contribution in [3.63, 3.8) is 0 Å². The van der Waals surface area contributed by atoms with Crippen LogP contribution in [0.25, 0.3) is 77.7 Å². The third-order valence-electron chi connectivity index (χ3n) is 7.72. The predicted molar refractivity (Wildman–Crippen MR) is 172 cm³/mol. The number of rotatable bonds is 4. The molecule has 0 radical (unpaired) electrons. The van der Waals surface area contributed by atoms with Gasteiger partial charge in [0.25, 0.3) is 0 Å². The third kappa shape index (κ3) is 4.18. The highest BCUT2D eigenvalue weighted by Gasteiger charge is 2.15. The summed E-state index contributed by atoms with van der Waals surface area (Å²) in [4.78, 5) is 19.9. The van der Waals surface area contributed by atoms with E-state index >= 15 is 0 Å². The van der Waals surface area contributed by atoms with Crippen molar-refractivity contribution in [2.75, 3.05) is 0 Å². The molecular formula is C38H24N4. The van der Waals surface area contributed by atoms with Crippen molar-refractivity contribution >= 4 is 32.4 Å². The van der Waals surface area contributed by atoms with Crippen LogP contribution >= 0.6 is 0 Å². The Hall–Kier alpha value is -5.74. The van der Waals surface area contributed by atoms with Crippen LogP contribution in [0.15, 0.2) is 146 Å². The van der Waals surface area contributed by atoms with Gasteiger partial charge < -0.3 is 0 Å².